The first-order valence-corrected chi connectivity index (χ1v) is 6.55. The highest BCUT2D eigenvalue weighted by molar-refractivity contribution is 5.76. The summed E-state index contributed by atoms with van der Waals surface area (Å²) in [5.41, 5.74) is 0. The van der Waals surface area contributed by atoms with Crippen molar-refractivity contribution in [1.29, 1.82) is 0 Å². The summed E-state index contributed by atoms with van der Waals surface area (Å²) in [6.07, 6.45) is -1.76. The van der Waals surface area contributed by atoms with Crippen LogP contribution in [0, 0.1) is 5.92 Å². The normalized spacial score (nSPS) is 20.4. The van der Waals surface area contributed by atoms with Crippen molar-refractivity contribution >= 4 is 18.2 Å². The first kappa shape index (κ1) is 17.0. The third-order valence-corrected chi connectivity index (χ3v) is 3.47. The molecule has 0 aliphatic carbocycles. The molecule has 1 aliphatic heterocycles. The lowest BCUT2D eigenvalue weighted by atomic mass is 10.0. The summed E-state index contributed by atoms with van der Waals surface area (Å²) in [6.45, 7) is 3.89. The van der Waals surface area contributed by atoms with E-state index in [1.807, 2.05) is 13.8 Å². The van der Waals surface area contributed by atoms with Crippen LogP contribution in [-0.2, 0) is 9.53 Å². The monoisotopic (exact) mass is 303 g/mol. The number of carbonyl (C=O) groups is 3. The topological polar surface area (TPSA) is 119 Å². The smallest absolute Gasteiger partial charge is 0.408 e. The van der Waals surface area contributed by atoms with Gasteiger partial charge in [0.15, 0.2) is 0 Å². The Morgan fingerprint density at radius 2 is 1.95 bits per heavy atom. The molecular weight excluding hydrogens is 282 g/mol. The Morgan fingerprint density at radius 1 is 1.33 bits per heavy atom. The average Bonchev–Trinajstić information content (AvgIpc) is 2.81. The van der Waals surface area contributed by atoms with Gasteiger partial charge >= 0.3 is 18.2 Å². The molecular formula is C12H21N3O6. The van der Waals surface area contributed by atoms with Gasteiger partial charge in [0.05, 0.1) is 20.3 Å². The van der Waals surface area contributed by atoms with Gasteiger partial charge in [0.25, 0.3) is 0 Å². The van der Waals surface area contributed by atoms with E-state index in [4.69, 9.17) is 5.11 Å². The van der Waals surface area contributed by atoms with Crippen molar-refractivity contribution in [3.63, 3.8) is 0 Å². The molecule has 0 aromatic carbocycles. The number of hydrogen-bond donors (Lipinski definition) is 3. The molecule has 1 saturated heterocycles. The quantitative estimate of drug-likeness (QED) is 0.657. The number of carboxylic acid groups (broad SMARTS) is 2. The average molecular weight is 303 g/mol. The van der Waals surface area contributed by atoms with Crippen LogP contribution in [0.2, 0.25) is 0 Å². The summed E-state index contributed by atoms with van der Waals surface area (Å²) in [7, 11) is 1.24. The maximum atomic E-state index is 11.3. The number of carbonyl (C=O) groups excluding carboxylic acids is 1. The molecule has 0 saturated carbocycles. The Kier molecular flexibility index (Phi) is 5.77. The molecule has 2 amide bonds. The number of hydrogen-bond acceptors (Lipinski definition) is 5. The number of rotatable bonds is 5. The van der Waals surface area contributed by atoms with Crippen LogP contribution in [0.5, 0.6) is 0 Å². The fraction of sp³-hybridized carbons (Fsp3) is 0.750. The third kappa shape index (κ3) is 4.48. The summed E-state index contributed by atoms with van der Waals surface area (Å²) >= 11 is 0. The Bertz CT molecular complexity index is 414. The number of aliphatic carboxylic acids is 1. The van der Waals surface area contributed by atoms with E-state index in [0.717, 1.165) is 4.90 Å². The Labute approximate surface area is 122 Å². The number of methoxy groups -OCH3 is 1. The highest BCUT2D eigenvalue weighted by Crippen LogP contribution is 2.16. The lowest BCUT2D eigenvalue weighted by Crippen LogP contribution is -2.50. The van der Waals surface area contributed by atoms with Crippen LogP contribution in [0.15, 0.2) is 0 Å². The van der Waals surface area contributed by atoms with Crippen LogP contribution >= 0.6 is 0 Å². The predicted molar refractivity (Wildman–Crippen MR) is 71.9 cm³/mol. The number of nitrogens with zero attached hydrogens (tertiary/aromatic N) is 2. The Hall–Kier alpha value is -2.03. The molecule has 21 heavy (non-hydrogen) atoms. The molecule has 120 valence electrons. The zero-order valence-electron chi connectivity index (χ0n) is 12.3. The Balaban J connectivity index is 2.77. The van der Waals surface area contributed by atoms with Gasteiger partial charge in [0.1, 0.15) is 6.04 Å². The minimum atomic E-state index is -1.16. The van der Waals surface area contributed by atoms with Gasteiger partial charge in [-0.25, -0.2) is 9.59 Å². The maximum Gasteiger partial charge on any atom is 0.408 e. The summed E-state index contributed by atoms with van der Waals surface area (Å²) in [5.74, 6) is -1.04. The van der Waals surface area contributed by atoms with Gasteiger partial charge in [0, 0.05) is 12.6 Å². The first-order valence-electron chi connectivity index (χ1n) is 6.55. The maximum absolute atomic E-state index is 11.3. The molecule has 0 bridgehead atoms. The van der Waals surface area contributed by atoms with Gasteiger partial charge in [-0.3, -0.25) is 14.6 Å². The highest BCUT2D eigenvalue weighted by atomic mass is 16.5. The molecule has 3 N–H and O–H groups in total. The fourth-order valence-corrected chi connectivity index (χ4v) is 2.14. The van der Waals surface area contributed by atoms with Gasteiger partial charge in [-0.05, 0) is 5.92 Å². The zero-order valence-corrected chi connectivity index (χ0v) is 12.3. The lowest BCUT2D eigenvalue weighted by Gasteiger charge is -2.28. The summed E-state index contributed by atoms with van der Waals surface area (Å²) < 4.78 is 4.54. The molecule has 9 nitrogen and oxygen atoms in total. The summed E-state index contributed by atoms with van der Waals surface area (Å²) in [6, 6.07) is -1.25. The second-order valence-electron chi connectivity index (χ2n) is 5.26. The van der Waals surface area contributed by atoms with Gasteiger partial charge in [-0.1, -0.05) is 13.8 Å². The van der Waals surface area contributed by atoms with E-state index in [2.05, 4.69) is 10.1 Å². The van der Waals surface area contributed by atoms with Crippen LogP contribution in [0.1, 0.15) is 13.8 Å². The van der Waals surface area contributed by atoms with Crippen molar-refractivity contribution in [2.45, 2.75) is 25.9 Å². The molecule has 0 aromatic heterocycles. The molecule has 0 radical (unpaired) electrons. The van der Waals surface area contributed by atoms with Gasteiger partial charge < -0.3 is 20.3 Å². The number of nitrogens with one attached hydrogen (secondary N) is 1. The molecule has 0 spiro atoms. The SMILES string of the molecule is COC(=O)NC(CN1CN(C(=O)O)CC1C(=O)O)C(C)C. The molecule has 9 heteroatoms. The zero-order chi connectivity index (χ0) is 16.2. The van der Waals surface area contributed by atoms with Crippen LogP contribution in [0.3, 0.4) is 0 Å². The molecule has 1 fully saturated rings. The summed E-state index contributed by atoms with van der Waals surface area (Å²) in [4.78, 5) is 36.1. The highest BCUT2D eigenvalue weighted by Gasteiger charge is 2.39. The van der Waals surface area contributed by atoms with Crippen LogP contribution < -0.4 is 5.32 Å². The number of amides is 2. The minimum absolute atomic E-state index is 0.00161. The standard InChI is InChI=1S/C12H21N3O6/c1-7(2)8(13-11(18)21-3)4-14-6-15(12(19)20)5-9(14)10(16)17/h7-9H,4-6H2,1-3H3,(H,13,18)(H,16,17)(H,19,20). The number of carboxylic acids is 1. The van der Waals surface area contributed by atoms with E-state index in [9.17, 15) is 19.5 Å². The van der Waals surface area contributed by atoms with E-state index in [-0.39, 0.29) is 31.7 Å². The van der Waals surface area contributed by atoms with Crippen LogP contribution in [0.4, 0.5) is 9.59 Å². The van der Waals surface area contributed by atoms with Crippen LogP contribution in [0.25, 0.3) is 0 Å². The molecule has 1 heterocycles. The van der Waals surface area contributed by atoms with E-state index >= 15 is 0 Å². The van der Waals surface area contributed by atoms with Gasteiger partial charge in [-0.2, -0.15) is 0 Å². The number of alkyl carbamates (subject to hydrolysis) is 1. The van der Waals surface area contributed by atoms with Gasteiger partial charge in [-0.15, -0.1) is 0 Å². The molecule has 0 aromatic rings. The largest absolute Gasteiger partial charge is 0.480 e. The second kappa shape index (κ2) is 7.11. The van der Waals surface area contributed by atoms with Crippen molar-refractivity contribution in [2.75, 3.05) is 26.9 Å². The van der Waals surface area contributed by atoms with Crippen molar-refractivity contribution < 1.29 is 29.3 Å². The van der Waals surface area contributed by atoms with E-state index in [1.54, 1.807) is 0 Å². The lowest BCUT2D eigenvalue weighted by molar-refractivity contribution is -0.141. The Morgan fingerprint density at radius 3 is 2.38 bits per heavy atom. The molecule has 2 atom stereocenters. The van der Waals surface area contributed by atoms with E-state index in [1.165, 1.54) is 12.0 Å². The van der Waals surface area contributed by atoms with Crippen molar-refractivity contribution in [1.82, 2.24) is 15.1 Å². The van der Waals surface area contributed by atoms with E-state index < -0.39 is 24.2 Å². The minimum Gasteiger partial charge on any atom is -0.480 e. The van der Waals surface area contributed by atoms with Crippen molar-refractivity contribution in [3.8, 4) is 0 Å². The predicted octanol–water partition coefficient (Wildman–Crippen LogP) is 0.0733. The van der Waals surface area contributed by atoms with Crippen LogP contribution in [-0.4, -0.2) is 77.1 Å². The number of ether oxygens (including phenoxy) is 1. The first-order chi connectivity index (χ1) is 9.76. The second-order valence-corrected chi connectivity index (χ2v) is 5.26. The molecule has 2 unspecified atom stereocenters. The van der Waals surface area contributed by atoms with E-state index in [0.29, 0.717) is 0 Å². The molecule has 1 aliphatic rings. The third-order valence-electron chi connectivity index (χ3n) is 3.47. The van der Waals surface area contributed by atoms with Crippen molar-refractivity contribution in [3.05, 3.63) is 0 Å². The fourth-order valence-electron chi connectivity index (χ4n) is 2.14. The van der Waals surface area contributed by atoms with Crippen molar-refractivity contribution in [2.24, 2.45) is 5.92 Å². The summed E-state index contributed by atoms with van der Waals surface area (Å²) in [5, 5.41) is 20.8. The van der Waals surface area contributed by atoms with Gasteiger partial charge in [0.2, 0.25) is 0 Å². The molecule has 1 rings (SSSR count).